The highest BCUT2D eigenvalue weighted by Gasteiger charge is 2.19. The molecule has 70 valence electrons. The van der Waals surface area contributed by atoms with Gasteiger partial charge in [-0.25, -0.2) is 14.4 Å². The first-order chi connectivity index (χ1) is 5.99. The second kappa shape index (κ2) is 4.62. The molecular weight excluding hydrogens is 178 g/mol. The van der Waals surface area contributed by atoms with Gasteiger partial charge in [0.2, 0.25) is 0 Å². The third-order valence-electron chi connectivity index (χ3n) is 0.828. The second-order valence-corrected chi connectivity index (χ2v) is 1.95. The lowest BCUT2D eigenvalue weighted by Crippen LogP contribution is -2.33. The normalized spacial score (nSPS) is 8.08. The van der Waals surface area contributed by atoms with E-state index < -0.39 is 12.0 Å². The van der Waals surface area contributed by atoms with Crippen LogP contribution in [0.5, 0.6) is 0 Å². The van der Waals surface area contributed by atoms with Gasteiger partial charge in [0, 0.05) is 16.0 Å². The average molecular weight is 185 g/mol. The number of hydroxylamine groups is 1. The Kier molecular flexibility index (Phi) is 3.84. The monoisotopic (exact) mass is 185 g/mol. The largest absolute Gasteiger partial charge is 0.449 e. The number of rotatable bonds is 2. The van der Waals surface area contributed by atoms with Crippen molar-refractivity contribution in [3.8, 4) is 0 Å². The first-order valence-electron chi connectivity index (χ1n) is 3.01. The smallest absolute Gasteiger partial charge is 0.328 e. The van der Waals surface area contributed by atoms with E-state index >= 15 is 0 Å². The van der Waals surface area contributed by atoms with E-state index in [-0.39, 0.29) is 10.7 Å². The summed E-state index contributed by atoms with van der Waals surface area (Å²) in [6, 6.07) is -1.20. The molecule has 0 aliphatic heterocycles. The third-order valence-corrected chi connectivity index (χ3v) is 0.828. The van der Waals surface area contributed by atoms with E-state index in [0.29, 0.717) is 0 Å². The molecule has 0 spiro atoms. The molecule has 0 aliphatic carbocycles. The quantitative estimate of drug-likeness (QED) is 0.223. The zero-order chi connectivity index (χ0) is 10.4. The van der Waals surface area contributed by atoms with Crippen LogP contribution in [0.15, 0.2) is 17.4 Å². The Balaban J connectivity index is 4.44. The Morgan fingerprint density at radius 2 is 2.23 bits per heavy atom. The third kappa shape index (κ3) is 3.63. The van der Waals surface area contributed by atoms with Gasteiger partial charge in [0.05, 0.1) is 0 Å². The molecule has 0 aliphatic rings. The number of azide groups is 1. The fourth-order valence-corrected chi connectivity index (χ4v) is 0.300. The summed E-state index contributed by atoms with van der Waals surface area (Å²) in [7, 11) is 0. The van der Waals surface area contributed by atoms with Crippen molar-refractivity contribution < 1.29 is 14.4 Å². The van der Waals surface area contributed by atoms with Crippen molar-refractivity contribution in [1.82, 2.24) is 5.17 Å². The molecule has 0 radical (unpaired) electrons. The summed E-state index contributed by atoms with van der Waals surface area (Å²) < 4.78 is 0. The lowest BCUT2D eigenvalue weighted by Gasteiger charge is -2.05. The summed E-state index contributed by atoms with van der Waals surface area (Å²) in [5, 5.41) is 2.73. The maximum absolute atomic E-state index is 10.8. The number of carbonyl (C=O) groups is 2. The molecule has 0 unspecified atom stereocenters. The summed E-state index contributed by atoms with van der Waals surface area (Å²) in [5.41, 5.74) is 12.7. The fourth-order valence-electron chi connectivity index (χ4n) is 0.300. The highest BCUT2D eigenvalue weighted by Crippen LogP contribution is 1.98. The molecule has 0 aromatic heterocycles. The van der Waals surface area contributed by atoms with Crippen LogP contribution in [0.4, 0.5) is 4.79 Å². The summed E-state index contributed by atoms with van der Waals surface area (Å²) in [6.07, 6.45) is 0. The Labute approximate surface area is 73.1 Å². The molecule has 0 aromatic rings. The lowest BCUT2D eigenvalue weighted by molar-refractivity contribution is -0.171. The molecule has 0 heterocycles. The summed E-state index contributed by atoms with van der Waals surface area (Å²) in [4.78, 5) is 27.6. The van der Waals surface area contributed by atoms with E-state index in [0.717, 1.165) is 0 Å². The van der Waals surface area contributed by atoms with Gasteiger partial charge in [-0.05, 0) is 6.92 Å². The Bertz CT molecular complexity index is 291. The molecule has 0 bridgehead atoms. The maximum atomic E-state index is 10.8. The summed E-state index contributed by atoms with van der Waals surface area (Å²) in [5.74, 6) is -0.911. The van der Waals surface area contributed by atoms with Gasteiger partial charge in [-0.3, -0.25) is 0 Å². The molecular formula is C5H7N5O3. The highest BCUT2D eigenvalue weighted by atomic mass is 16.7. The van der Waals surface area contributed by atoms with Gasteiger partial charge in [0.15, 0.2) is 0 Å². The van der Waals surface area contributed by atoms with Gasteiger partial charge in [-0.15, -0.1) is 5.53 Å². The number of nitrogens with two attached hydrogens (primary N) is 1. The van der Waals surface area contributed by atoms with Crippen molar-refractivity contribution in [3.05, 3.63) is 22.6 Å². The van der Waals surface area contributed by atoms with E-state index in [9.17, 15) is 9.59 Å². The predicted octanol–water partition coefficient (Wildman–Crippen LogP) is 0.627. The van der Waals surface area contributed by atoms with Crippen LogP contribution in [0.1, 0.15) is 6.92 Å². The van der Waals surface area contributed by atoms with Crippen molar-refractivity contribution in [2.75, 3.05) is 0 Å². The molecule has 0 saturated heterocycles. The van der Waals surface area contributed by atoms with Crippen molar-refractivity contribution in [1.29, 1.82) is 0 Å². The first-order valence-corrected chi connectivity index (χ1v) is 3.01. The second-order valence-electron chi connectivity index (χ2n) is 1.95. The van der Waals surface area contributed by atoms with Crippen LogP contribution in [0.2, 0.25) is 0 Å². The molecule has 2 amide bonds. The number of amides is 2. The topological polar surface area (TPSA) is 121 Å². The standard InChI is InChI=1S/C5H7N5O3/c1-3(2)4(11)13-10(5(6)12)9-8-7/h1H2,2H3,(H2,6,12). The minimum absolute atomic E-state index is 0.0248. The SMILES string of the molecule is C=C(C)C(=O)ON(N=[N+]=[N-])C(N)=O. The van der Waals surface area contributed by atoms with E-state index in [4.69, 9.17) is 5.53 Å². The van der Waals surface area contributed by atoms with Crippen LogP contribution in [-0.2, 0) is 9.63 Å². The van der Waals surface area contributed by atoms with Gasteiger partial charge >= 0.3 is 12.0 Å². The van der Waals surface area contributed by atoms with Crippen LogP contribution in [0, 0.1) is 0 Å². The number of hydrogen-bond donors (Lipinski definition) is 1. The molecule has 8 nitrogen and oxygen atoms in total. The first kappa shape index (κ1) is 10.8. The molecule has 0 atom stereocenters. The van der Waals surface area contributed by atoms with Gasteiger partial charge in [0.25, 0.3) is 0 Å². The average Bonchev–Trinajstić information content (AvgIpc) is 2.03. The number of urea groups is 1. The summed E-state index contributed by atoms with van der Waals surface area (Å²) in [6.45, 7) is 4.60. The van der Waals surface area contributed by atoms with Crippen LogP contribution in [0.25, 0.3) is 10.4 Å². The van der Waals surface area contributed by atoms with E-state index in [1.165, 1.54) is 6.92 Å². The molecule has 0 saturated carbocycles. The number of primary amides is 1. The van der Waals surface area contributed by atoms with Crippen LogP contribution < -0.4 is 5.73 Å². The Morgan fingerprint density at radius 1 is 1.69 bits per heavy atom. The number of carbonyl (C=O) groups excluding carboxylic acids is 2. The van der Waals surface area contributed by atoms with Crippen molar-refractivity contribution in [3.63, 3.8) is 0 Å². The minimum atomic E-state index is -1.20. The number of nitrogens with zero attached hydrogens (tertiary/aromatic N) is 4. The van der Waals surface area contributed by atoms with Crippen LogP contribution in [-0.4, -0.2) is 17.2 Å². The van der Waals surface area contributed by atoms with Gasteiger partial charge < -0.3 is 5.73 Å². The fraction of sp³-hybridized carbons (Fsp3) is 0.200. The summed E-state index contributed by atoms with van der Waals surface area (Å²) >= 11 is 0. The Hall–Kier alpha value is -2.21. The van der Waals surface area contributed by atoms with Crippen LogP contribution >= 0.6 is 0 Å². The number of hydrogen-bond acceptors (Lipinski definition) is 4. The predicted molar refractivity (Wildman–Crippen MR) is 41.5 cm³/mol. The van der Waals surface area contributed by atoms with Gasteiger partial charge in [-0.2, -0.15) is 4.91 Å². The van der Waals surface area contributed by atoms with Crippen molar-refractivity contribution in [2.24, 2.45) is 11.0 Å². The Morgan fingerprint density at radius 3 is 2.54 bits per heavy atom. The zero-order valence-electron chi connectivity index (χ0n) is 6.80. The molecule has 2 N–H and O–H groups in total. The highest BCUT2D eigenvalue weighted by molar-refractivity contribution is 5.87. The maximum Gasteiger partial charge on any atom is 0.449 e. The molecule has 0 fully saturated rings. The van der Waals surface area contributed by atoms with E-state index in [1.807, 2.05) is 0 Å². The minimum Gasteiger partial charge on any atom is -0.328 e. The van der Waals surface area contributed by atoms with Crippen molar-refractivity contribution >= 4 is 12.0 Å². The molecule has 8 heteroatoms. The molecule has 0 aromatic carbocycles. The van der Waals surface area contributed by atoms with Gasteiger partial charge in [0.1, 0.15) is 0 Å². The van der Waals surface area contributed by atoms with Gasteiger partial charge in [-0.1, -0.05) is 6.58 Å². The lowest BCUT2D eigenvalue weighted by atomic mass is 10.4. The van der Waals surface area contributed by atoms with E-state index in [1.54, 1.807) is 0 Å². The zero-order valence-corrected chi connectivity index (χ0v) is 6.80. The molecule has 13 heavy (non-hydrogen) atoms. The van der Waals surface area contributed by atoms with Crippen molar-refractivity contribution in [2.45, 2.75) is 6.92 Å². The molecule has 0 rings (SSSR count). The van der Waals surface area contributed by atoms with Crippen LogP contribution in [0.3, 0.4) is 0 Å². The van der Waals surface area contributed by atoms with E-state index in [2.05, 4.69) is 27.3 Å².